The van der Waals surface area contributed by atoms with E-state index in [-0.39, 0.29) is 12.6 Å². The van der Waals surface area contributed by atoms with E-state index in [0.29, 0.717) is 31.6 Å². The predicted octanol–water partition coefficient (Wildman–Crippen LogP) is 0.842. The first-order valence-corrected chi connectivity index (χ1v) is 8.35. The number of carbonyl (C=O) groups is 1. The van der Waals surface area contributed by atoms with Gasteiger partial charge in [-0.3, -0.25) is 4.79 Å². The maximum absolute atomic E-state index is 12.3. The van der Waals surface area contributed by atoms with Crippen molar-refractivity contribution < 1.29 is 22.7 Å². The zero-order chi connectivity index (χ0) is 15.5. The fourth-order valence-corrected chi connectivity index (χ4v) is 3.95. The third-order valence-electron chi connectivity index (χ3n) is 3.51. The quantitative estimate of drug-likeness (QED) is 0.810. The molecule has 1 aliphatic heterocycles. The number of furan rings is 1. The number of aliphatic carboxylic acids is 1. The Balaban J connectivity index is 1.95. The van der Waals surface area contributed by atoms with Gasteiger partial charge < -0.3 is 9.52 Å². The monoisotopic (exact) mass is 316 g/mol. The van der Waals surface area contributed by atoms with Crippen molar-refractivity contribution >= 4 is 16.2 Å². The Morgan fingerprint density at radius 3 is 3.00 bits per heavy atom. The molecule has 2 N–H and O–H groups in total. The second kappa shape index (κ2) is 6.59. The van der Waals surface area contributed by atoms with Crippen molar-refractivity contribution in [1.82, 2.24) is 9.03 Å². The van der Waals surface area contributed by atoms with Crippen LogP contribution in [-0.2, 0) is 21.4 Å². The van der Waals surface area contributed by atoms with Crippen LogP contribution in [0.25, 0.3) is 0 Å². The minimum absolute atomic E-state index is 0.0259. The van der Waals surface area contributed by atoms with Crippen LogP contribution in [0.4, 0.5) is 0 Å². The number of nitrogens with zero attached hydrogens (tertiary/aromatic N) is 1. The Hall–Kier alpha value is -1.38. The van der Waals surface area contributed by atoms with E-state index in [1.165, 1.54) is 4.31 Å². The summed E-state index contributed by atoms with van der Waals surface area (Å²) in [5.41, 5.74) is 0. The van der Waals surface area contributed by atoms with Crippen LogP contribution in [0.5, 0.6) is 0 Å². The third kappa shape index (κ3) is 4.29. The van der Waals surface area contributed by atoms with Crippen LogP contribution >= 0.6 is 0 Å². The molecule has 2 atom stereocenters. The summed E-state index contributed by atoms with van der Waals surface area (Å²) >= 11 is 0. The maximum atomic E-state index is 12.3. The number of rotatable bonds is 6. The summed E-state index contributed by atoms with van der Waals surface area (Å²) in [7, 11) is -3.67. The molecule has 1 aromatic heterocycles. The molecule has 2 unspecified atom stereocenters. The molecule has 2 rings (SSSR count). The third-order valence-corrected chi connectivity index (χ3v) is 5.22. The Kier molecular flexibility index (Phi) is 5.02. The van der Waals surface area contributed by atoms with E-state index in [1.807, 2.05) is 0 Å². The summed E-state index contributed by atoms with van der Waals surface area (Å²) < 4.78 is 33.5. The summed E-state index contributed by atoms with van der Waals surface area (Å²) in [6.07, 6.45) is 3.06. The van der Waals surface area contributed by atoms with Gasteiger partial charge in [0.1, 0.15) is 5.76 Å². The van der Waals surface area contributed by atoms with Crippen LogP contribution in [0, 0.1) is 5.92 Å². The number of carboxylic acid groups (broad SMARTS) is 1. The first-order chi connectivity index (χ1) is 9.88. The van der Waals surface area contributed by atoms with Crippen LogP contribution in [-0.4, -0.2) is 42.9 Å². The fourth-order valence-electron chi connectivity index (χ4n) is 2.46. The highest BCUT2D eigenvalue weighted by atomic mass is 32.2. The lowest BCUT2D eigenvalue weighted by Gasteiger charge is -2.30. The molecular weight excluding hydrogens is 296 g/mol. The molecule has 1 fully saturated rings. The van der Waals surface area contributed by atoms with E-state index in [4.69, 9.17) is 9.52 Å². The SMILES string of the molecule is CC(Cc1ccco1)NS(=O)(=O)N1CCCC(C(=O)O)C1. The van der Waals surface area contributed by atoms with Gasteiger partial charge in [-0.05, 0) is 31.9 Å². The van der Waals surface area contributed by atoms with Gasteiger partial charge in [0.25, 0.3) is 10.2 Å². The summed E-state index contributed by atoms with van der Waals surface area (Å²) in [5.74, 6) is -0.874. The summed E-state index contributed by atoms with van der Waals surface area (Å²) in [6, 6.07) is 3.21. The fraction of sp³-hybridized carbons (Fsp3) is 0.615. The normalized spacial score (nSPS) is 22.0. The summed E-state index contributed by atoms with van der Waals surface area (Å²) in [6.45, 7) is 2.13. The average Bonchev–Trinajstić information content (AvgIpc) is 2.91. The highest BCUT2D eigenvalue weighted by Gasteiger charge is 2.32. The highest BCUT2D eigenvalue weighted by molar-refractivity contribution is 7.87. The van der Waals surface area contributed by atoms with Crippen molar-refractivity contribution in [3.63, 3.8) is 0 Å². The summed E-state index contributed by atoms with van der Waals surface area (Å²) in [4.78, 5) is 11.0. The largest absolute Gasteiger partial charge is 0.481 e. The smallest absolute Gasteiger partial charge is 0.307 e. The Morgan fingerprint density at radius 1 is 1.62 bits per heavy atom. The number of piperidine rings is 1. The molecule has 0 spiro atoms. The van der Waals surface area contributed by atoms with Gasteiger partial charge in [0.2, 0.25) is 0 Å². The first kappa shape index (κ1) is 16.0. The molecule has 8 heteroatoms. The molecule has 2 heterocycles. The standard InChI is InChI=1S/C13H20N2O5S/c1-10(8-12-5-3-7-20-12)14-21(18,19)15-6-2-4-11(9-15)13(16)17/h3,5,7,10-11,14H,2,4,6,8-9H2,1H3,(H,16,17). The molecule has 0 aromatic carbocycles. The van der Waals surface area contributed by atoms with Crippen LogP contribution in [0.15, 0.2) is 22.8 Å². The molecule has 7 nitrogen and oxygen atoms in total. The molecular formula is C13H20N2O5S. The molecule has 21 heavy (non-hydrogen) atoms. The number of nitrogens with one attached hydrogen (secondary N) is 1. The van der Waals surface area contributed by atoms with E-state index in [9.17, 15) is 13.2 Å². The van der Waals surface area contributed by atoms with Crippen molar-refractivity contribution in [3.05, 3.63) is 24.2 Å². The molecule has 1 aromatic rings. The first-order valence-electron chi connectivity index (χ1n) is 6.91. The topological polar surface area (TPSA) is 99.9 Å². The summed E-state index contributed by atoms with van der Waals surface area (Å²) in [5, 5.41) is 9.02. The lowest BCUT2D eigenvalue weighted by Crippen LogP contribution is -2.49. The predicted molar refractivity (Wildman–Crippen MR) is 75.9 cm³/mol. The molecule has 0 amide bonds. The van der Waals surface area contributed by atoms with Crippen LogP contribution in [0.1, 0.15) is 25.5 Å². The highest BCUT2D eigenvalue weighted by Crippen LogP contribution is 2.19. The number of carboxylic acids is 1. The zero-order valence-corrected chi connectivity index (χ0v) is 12.7. The van der Waals surface area contributed by atoms with Gasteiger partial charge in [-0.25, -0.2) is 0 Å². The molecule has 0 bridgehead atoms. The Bertz CT molecular complexity index is 569. The van der Waals surface area contributed by atoms with Crippen molar-refractivity contribution in [2.24, 2.45) is 5.92 Å². The van der Waals surface area contributed by atoms with E-state index in [2.05, 4.69) is 4.72 Å². The van der Waals surface area contributed by atoms with Gasteiger partial charge in [0, 0.05) is 25.6 Å². The number of hydrogen-bond acceptors (Lipinski definition) is 4. The van der Waals surface area contributed by atoms with Crippen molar-refractivity contribution in [2.45, 2.75) is 32.2 Å². The van der Waals surface area contributed by atoms with Gasteiger partial charge >= 0.3 is 5.97 Å². The van der Waals surface area contributed by atoms with Crippen molar-refractivity contribution in [1.29, 1.82) is 0 Å². The molecule has 118 valence electrons. The Labute approximate surface area is 124 Å². The van der Waals surface area contributed by atoms with Gasteiger partial charge in [-0.2, -0.15) is 17.4 Å². The van der Waals surface area contributed by atoms with E-state index >= 15 is 0 Å². The van der Waals surface area contributed by atoms with E-state index < -0.39 is 22.1 Å². The molecule has 1 aliphatic rings. The van der Waals surface area contributed by atoms with Crippen molar-refractivity contribution in [3.8, 4) is 0 Å². The van der Waals surface area contributed by atoms with Crippen LogP contribution in [0.3, 0.4) is 0 Å². The molecule has 0 saturated carbocycles. The second-order valence-corrected chi connectivity index (χ2v) is 7.05. The van der Waals surface area contributed by atoms with E-state index in [1.54, 1.807) is 25.3 Å². The Morgan fingerprint density at radius 2 is 2.38 bits per heavy atom. The molecule has 0 radical (unpaired) electrons. The lowest BCUT2D eigenvalue weighted by molar-refractivity contribution is -0.142. The lowest BCUT2D eigenvalue weighted by atomic mass is 10.0. The van der Waals surface area contributed by atoms with Gasteiger partial charge in [-0.15, -0.1) is 0 Å². The molecule has 1 saturated heterocycles. The van der Waals surface area contributed by atoms with Crippen LogP contribution < -0.4 is 4.72 Å². The number of hydrogen-bond donors (Lipinski definition) is 2. The van der Waals surface area contributed by atoms with Crippen molar-refractivity contribution in [2.75, 3.05) is 13.1 Å². The van der Waals surface area contributed by atoms with Gasteiger partial charge in [-0.1, -0.05) is 0 Å². The minimum atomic E-state index is -3.67. The zero-order valence-electron chi connectivity index (χ0n) is 11.9. The second-order valence-electron chi connectivity index (χ2n) is 5.34. The minimum Gasteiger partial charge on any atom is -0.481 e. The van der Waals surface area contributed by atoms with Gasteiger partial charge in [0.05, 0.1) is 12.2 Å². The molecule has 0 aliphatic carbocycles. The maximum Gasteiger partial charge on any atom is 0.307 e. The van der Waals surface area contributed by atoms with E-state index in [0.717, 1.165) is 0 Å². The average molecular weight is 316 g/mol. The van der Waals surface area contributed by atoms with Gasteiger partial charge in [0.15, 0.2) is 0 Å². The van der Waals surface area contributed by atoms with Crippen LogP contribution in [0.2, 0.25) is 0 Å².